The van der Waals surface area contributed by atoms with Crippen LogP contribution in [0, 0.1) is 11.8 Å². The van der Waals surface area contributed by atoms with Gasteiger partial charge in [0.1, 0.15) is 0 Å². The minimum absolute atomic E-state index is 0.743. The molecule has 0 radical (unpaired) electrons. The minimum atomic E-state index is 0.743. The van der Waals surface area contributed by atoms with Gasteiger partial charge in [0.2, 0.25) is 0 Å². The van der Waals surface area contributed by atoms with E-state index >= 15 is 0 Å². The van der Waals surface area contributed by atoms with Crippen molar-refractivity contribution >= 4 is 15.9 Å². The van der Waals surface area contributed by atoms with Crippen LogP contribution >= 0.6 is 15.9 Å². The summed E-state index contributed by atoms with van der Waals surface area (Å²) in [5, 5.41) is 3.83. The van der Waals surface area contributed by atoms with Crippen molar-refractivity contribution < 1.29 is 0 Å². The van der Waals surface area contributed by atoms with Crippen molar-refractivity contribution in [3.05, 3.63) is 34.3 Å². The third-order valence-corrected chi connectivity index (χ3v) is 5.95. The monoisotopic (exact) mass is 334 g/mol. The van der Waals surface area contributed by atoms with Gasteiger partial charge in [0.25, 0.3) is 0 Å². The van der Waals surface area contributed by atoms with Crippen molar-refractivity contribution in [2.24, 2.45) is 11.8 Å². The van der Waals surface area contributed by atoms with Crippen LogP contribution in [0.1, 0.15) is 31.2 Å². The van der Waals surface area contributed by atoms with Crippen LogP contribution in [0.2, 0.25) is 0 Å². The second kappa shape index (κ2) is 5.43. The molecule has 20 heavy (non-hydrogen) atoms. The van der Waals surface area contributed by atoms with Gasteiger partial charge in [-0.3, -0.25) is 4.90 Å². The van der Waals surface area contributed by atoms with E-state index in [-0.39, 0.29) is 0 Å². The van der Waals surface area contributed by atoms with E-state index in [4.69, 9.17) is 0 Å². The largest absolute Gasteiger partial charge is 0.311 e. The first kappa shape index (κ1) is 13.3. The zero-order valence-electron chi connectivity index (χ0n) is 11.9. The summed E-state index contributed by atoms with van der Waals surface area (Å²) in [7, 11) is 0. The molecule has 1 saturated heterocycles. The summed E-state index contributed by atoms with van der Waals surface area (Å²) in [6.45, 7) is 3.55. The maximum absolute atomic E-state index is 3.83. The lowest BCUT2D eigenvalue weighted by Gasteiger charge is -2.41. The number of piperazine rings is 1. The minimum Gasteiger partial charge on any atom is -0.311 e. The quantitative estimate of drug-likeness (QED) is 0.907. The molecule has 2 unspecified atom stereocenters. The summed E-state index contributed by atoms with van der Waals surface area (Å²) in [6, 6.07) is 10.2. The van der Waals surface area contributed by atoms with E-state index in [9.17, 15) is 0 Å². The van der Waals surface area contributed by atoms with E-state index in [0.717, 1.165) is 30.5 Å². The van der Waals surface area contributed by atoms with Gasteiger partial charge in [-0.1, -0.05) is 34.1 Å². The first-order chi connectivity index (χ1) is 9.81. The fourth-order valence-electron chi connectivity index (χ4n) is 3.64. The molecular formula is C17H23BrN2. The number of hydrogen-bond acceptors (Lipinski definition) is 2. The van der Waals surface area contributed by atoms with Crippen molar-refractivity contribution in [2.45, 2.75) is 44.3 Å². The Balaban J connectivity index is 1.50. The first-order valence-electron chi connectivity index (χ1n) is 8.02. The van der Waals surface area contributed by atoms with Crippen molar-refractivity contribution in [3.8, 4) is 0 Å². The lowest BCUT2D eigenvalue weighted by atomic mass is 10.0. The van der Waals surface area contributed by atoms with Gasteiger partial charge in [0.15, 0.2) is 0 Å². The Labute approximate surface area is 130 Å². The first-order valence-corrected chi connectivity index (χ1v) is 8.81. The highest BCUT2D eigenvalue weighted by molar-refractivity contribution is 9.10. The molecule has 2 nitrogen and oxygen atoms in total. The van der Waals surface area contributed by atoms with Gasteiger partial charge in [-0.05, 0) is 49.1 Å². The average molecular weight is 335 g/mol. The molecule has 3 aliphatic rings. The molecule has 1 heterocycles. The zero-order valence-corrected chi connectivity index (χ0v) is 13.5. The van der Waals surface area contributed by atoms with E-state index in [1.807, 2.05) is 0 Å². The van der Waals surface area contributed by atoms with Crippen LogP contribution in [0.25, 0.3) is 0 Å². The molecule has 1 aliphatic heterocycles. The molecule has 1 aromatic carbocycles. The van der Waals surface area contributed by atoms with Crippen LogP contribution in [-0.2, 0) is 6.54 Å². The Hall–Kier alpha value is -0.380. The summed E-state index contributed by atoms with van der Waals surface area (Å²) in [5.74, 6) is 1.90. The van der Waals surface area contributed by atoms with Gasteiger partial charge in [0.05, 0.1) is 0 Å². The summed E-state index contributed by atoms with van der Waals surface area (Å²) >= 11 is 3.71. The van der Waals surface area contributed by atoms with Crippen LogP contribution < -0.4 is 5.32 Å². The number of benzene rings is 1. The Bertz CT molecular complexity index is 482. The molecule has 1 N–H and O–H groups in total. The standard InChI is InChI=1S/C17H23BrN2/c18-15-4-2-1-3-14(15)10-20-11-16(12-5-6-12)19-9-17(20)13-7-8-13/h1-4,12-13,16-17,19H,5-11H2. The number of rotatable bonds is 4. The van der Waals surface area contributed by atoms with Crippen molar-refractivity contribution in [2.75, 3.05) is 13.1 Å². The topological polar surface area (TPSA) is 15.3 Å². The molecule has 2 atom stereocenters. The Morgan fingerprint density at radius 3 is 2.55 bits per heavy atom. The van der Waals surface area contributed by atoms with E-state index < -0.39 is 0 Å². The second-order valence-corrected chi connectivity index (χ2v) is 7.63. The molecule has 108 valence electrons. The summed E-state index contributed by atoms with van der Waals surface area (Å²) in [4.78, 5) is 2.76. The molecule has 1 aromatic rings. The van der Waals surface area contributed by atoms with Crippen LogP contribution in [0.4, 0.5) is 0 Å². The normalized spacial score (nSPS) is 31.4. The van der Waals surface area contributed by atoms with Gasteiger partial charge < -0.3 is 5.32 Å². The maximum Gasteiger partial charge on any atom is 0.0253 e. The fourth-order valence-corrected chi connectivity index (χ4v) is 4.05. The second-order valence-electron chi connectivity index (χ2n) is 6.78. The molecule has 3 heteroatoms. The van der Waals surface area contributed by atoms with E-state index in [1.165, 1.54) is 48.8 Å². The predicted octanol–water partition coefficient (Wildman–Crippen LogP) is 3.41. The van der Waals surface area contributed by atoms with E-state index in [2.05, 4.69) is 50.4 Å². The smallest absolute Gasteiger partial charge is 0.0253 e. The van der Waals surface area contributed by atoms with E-state index in [1.54, 1.807) is 0 Å². The number of nitrogens with one attached hydrogen (secondary N) is 1. The van der Waals surface area contributed by atoms with Crippen molar-refractivity contribution in [3.63, 3.8) is 0 Å². The van der Waals surface area contributed by atoms with Gasteiger partial charge in [-0.25, -0.2) is 0 Å². The third kappa shape index (κ3) is 2.81. The molecule has 2 aliphatic carbocycles. The van der Waals surface area contributed by atoms with E-state index in [0.29, 0.717) is 0 Å². The predicted molar refractivity (Wildman–Crippen MR) is 85.6 cm³/mol. The molecule has 4 rings (SSSR count). The molecule has 2 saturated carbocycles. The van der Waals surface area contributed by atoms with Crippen LogP contribution in [0.15, 0.2) is 28.7 Å². The third-order valence-electron chi connectivity index (χ3n) is 5.18. The zero-order chi connectivity index (χ0) is 13.5. The highest BCUT2D eigenvalue weighted by Gasteiger charge is 2.42. The highest BCUT2D eigenvalue weighted by Crippen LogP contribution is 2.40. The highest BCUT2D eigenvalue weighted by atomic mass is 79.9. The number of nitrogens with zero attached hydrogens (tertiary/aromatic N) is 1. The van der Waals surface area contributed by atoms with Crippen molar-refractivity contribution in [1.82, 2.24) is 10.2 Å². The van der Waals surface area contributed by atoms with Crippen LogP contribution in [0.5, 0.6) is 0 Å². The maximum atomic E-state index is 3.83. The van der Waals surface area contributed by atoms with Gasteiger partial charge >= 0.3 is 0 Å². The molecule has 0 bridgehead atoms. The summed E-state index contributed by atoms with van der Waals surface area (Å²) in [5.41, 5.74) is 1.44. The van der Waals surface area contributed by atoms with Crippen LogP contribution in [0.3, 0.4) is 0 Å². The SMILES string of the molecule is Brc1ccccc1CN1CC(C2CC2)NCC1C1CC1. The molecular weight excluding hydrogens is 312 g/mol. The van der Waals surface area contributed by atoms with Gasteiger partial charge in [-0.15, -0.1) is 0 Å². The lowest BCUT2D eigenvalue weighted by Crippen LogP contribution is -2.57. The van der Waals surface area contributed by atoms with Gasteiger partial charge in [0, 0.05) is 36.2 Å². The molecule has 3 fully saturated rings. The summed E-state index contributed by atoms with van der Waals surface area (Å²) < 4.78 is 1.26. The Morgan fingerprint density at radius 1 is 1.10 bits per heavy atom. The Morgan fingerprint density at radius 2 is 1.85 bits per heavy atom. The number of hydrogen-bond donors (Lipinski definition) is 1. The molecule has 0 amide bonds. The Kier molecular flexibility index (Phi) is 3.61. The number of halogens is 1. The van der Waals surface area contributed by atoms with Crippen molar-refractivity contribution in [1.29, 1.82) is 0 Å². The van der Waals surface area contributed by atoms with Crippen LogP contribution in [-0.4, -0.2) is 30.1 Å². The average Bonchev–Trinajstić information content (AvgIpc) is 3.34. The molecule has 0 spiro atoms. The summed E-state index contributed by atoms with van der Waals surface area (Å²) in [6.07, 6.45) is 5.75. The fraction of sp³-hybridized carbons (Fsp3) is 0.647. The van der Waals surface area contributed by atoms with Gasteiger partial charge in [-0.2, -0.15) is 0 Å². The molecule has 0 aromatic heterocycles. The lowest BCUT2D eigenvalue weighted by molar-refractivity contribution is 0.100.